The Morgan fingerprint density at radius 3 is 1.35 bits per heavy atom. The summed E-state index contributed by atoms with van der Waals surface area (Å²) >= 11 is 0. The van der Waals surface area contributed by atoms with E-state index in [1.165, 1.54) is 12.8 Å². The number of hydrogen-bond acceptors (Lipinski definition) is 2. The average Bonchev–Trinajstić information content (AvgIpc) is 3.72. The molecule has 182 valence electrons. The molecular formula is C30H40N2O2. The maximum atomic E-state index is 12.5. The van der Waals surface area contributed by atoms with Gasteiger partial charge in [0.15, 0.2) is 0 Å². The SMILES string of the molecule is CC(C)CCC1CC1C(=O)Nc1ccc(-c2ccc(NC(=O)C3CC3CCC(C)C)cc2)cc1. The van der Waals surface area contributed by atoms with Gasteiger partial charge in [0.1, 0.15) is 0 Å². The standard InChI is InChI=1S/C30H40N2O2/c1-19(2)5-7-23-17-27(23)29(33)31-25-13-9-21(10-14-25)22-11-15-26(16-12-22)32-30(34)28-18-24(28)8-6-20(3)4/h9-16,19-20,23-24,27-28H,5-8,17-18H2,1-4H3,(H,31,33)(H,32,34). The summed E-state index contributed by atoms with van der Waals surface area (Å²) in [6.45, 7) is 8.95. The third kappa shape index (κ3) is 6.71. The van der Waals surface area contributed by atoms with Crippen molar-refractivity contribution in [3.63, 3.8) is 0 Å². The van der Waals surface area contributed by atoms with E-state index in [2.05, 4.69) is 38.3 Å². The first-order chi connectivity index (χ1) is 16.3. The molecule has 0 aliphatic heterocycles. The quantitative estimate of drug-likeness (QED) is 0.368. The summed E-state index contributed by atoms with van der Waals surface area (Å²) in [5.41, 5.74) is 3.88. The number of amides is 2. The Morgan fingerprint density at radius 2 is 1.03 bits per heavy atom. The first kappa shape index (κ1) is 24.5. The average molecular weight is 461 g/mol. The lowest BCUT2D eigenvalue weighted by Gasteiger charge is -2.09. The minimum absolute atomic E-state index is 0.156. The molecule has 2 amide bonds. The molecule has 0 bridgehead atoms. The van der Waals surface area contributed by atoms with E-state index >= 15 is 0 Å². The lowest BCUT2D eigenvalue weighted by atomic mass is 10.0. The van der Waals surface area contributed by atoms with Crippen molar-refractivity contribution in [2.45, 2.75) is 66.2 Å². The van der Waals surface area contributed by atoms with Gasteiger partial charge in [-0.25, -0.2) is 0 Å². The lowest BCUT2D eigenvalue weighted by molar-refractivity contribution is -0.118. The second-order valence-electron chi connectivity index (χ2n) is 11.3. The van der Waals surface area contributed by atoms with Crippen LogP contribution in [0.15, 0.2) is 48.5 Å². The Hall–Kier alpha value is -2.62. The molecule has 2 aliphatic rings. The zero-order valence-electron chi connectivity index (χ0n) is 21.1. The van der Waals surface area contributed by atoms with E-state index in [-0.39, 0.29) is 23.7 Å². The molecule has 2 aliphatic carbocycles. The summed E-state index contributed by atoms with van der Waals surface area (Å²) in [4.78, 5) is 25.0. The van der Waals surface area contributed by atoms with E-state index in [0.717, 1.165) is 48.2 Å². The van der Waals surface area contributed by atoms with Gasteiger partial charge in [0.25, 0.3) is 0 Å². The number of carbonyl (C=O) groups excluding carboxylic acids is 2. The molecule has 0 spiro atoms. The minimum Gasteiger partial charge on any atom is -0.326 e. The second-order valence-corrected chi connectivity index (χ2v) is 11.3. The highest BCUT2D eigenvalue weighted by Crippen LogP contribution is 2.44. The van der Waals surface area contributed by atoms with Crippen LogP contribution < -0.4 is 10.6 Å². The van der Waals surface area contributed by atoms with Crippen LogP contribution in [0.1, 0.15) is 66.2 Å². The van der Waals surface area contributed by atoms with Gasteiger partial charge in [-0.3, -0.25) is 9.59 Å². The van der Waals surface area contributed by atoms with Gasteiger partial charge in [-0.05, 0) is 84.7 Å². The molecule has 34 heavy (non-hydrogen) atoms. The van der Waals surface area contributed by atoms with Crippen molar-refractivity contribution in [3.8, 4) is 11.1 Å². The normalized spacial score (nSPS) is 23.1. The molecule has 0 radical (unpaired) electrons. The fraction of sp³-hybridized carbons (Fsp3) is 0.533. The second kappa shape index (κ2) is 10.8. The zero-order valence-corrected chi connectivity index (χ0v) is 21.1. The minimum atomic E-state index is 0.156. The Morgan fingerprint density at radius 1 is 0.676 bits per heavy atom. The first-order valence-electron chi connectivity index (χ1n) is 13.1. The number of rotatable bonds is 11. The molecule has 2 saturated carbocycles. The van der Waals surface area contributed by atoms with Crippen LogP contribution in [0.4, 0.5) is 11.4 Å². The van der Waals surface area contributed by atoms with Gasteiger partial charge in [-0.15, -0.1) is 0 Å². The maximum absolute atomic E-state index is 12.5. The number of carbonyl (C=O) groups is 2. The van der Waals surface area contributed by atoms with Crippen molar-refractivity contribution >= 4 is 23.2 Å². The molecule has 2 fully saturated rings. The van der Waals surface area contributed by atoms with Gasteiger partial charge in [0, 0.05) is 23.2 Å². The largest absolute Gasteiger partial charge is 0.326 e. The maximum Gasteiger partial charge on any atom is 0.227 e. The van der Waals surface area contributed by atoms with Gasteiger partial charge >= 0.3 is 0 Å². The van der Waals surface area contributed by atoms with Crippen molar-refractivity contribution in [2.24, 2.45) is 35.5 Å². The number of benzene rings is 2. The summed E-state index contributed by atoms with van der Waals surface area (Å²) in [5.74, 6) is 3.20. The topological polar surface area (TPSA) is 58.2 Å². The Labute approximate surface area is 204 Å². The van der Waals surface area contributed by atoms with Crippen LogP contribution in [0.5, 0.6) is 0 Å². The van der Waals surface area contributed by atoms with Gasteiger partial charge in [-0.1, -0.05) is 64.8 Å². The molecule has 2 N–H and O–H groups in total. The van der Waals surface area contributed by atoms with E-state index in [1.807, 2.05) is 48.5 Å². The first-order valence-corrected chi connectivity index (χ1v) is 13.1. The summed E-state index contributed by atoms with van der Waals surface area (Å²) in [5, 5.41) is 6.16. The molecule has 0 aromatic heterocycles. The van der Waals surface area contributed by atoms with Gasteiger partial charge in [0.05, 0.1) is 0 Å². The van der Waals surface area contributed by atoms with E-state index in [4.69, 9.17) is 0 Å². The number of hydrogen-bond donors (Lipinski definition) is 2. The summed E-state index contributed by atoms with van der Waals surface area (Å²) in [6, 6.07) is 16.0. The molecule has 0 saturated heterocycles. The highest BCUT2D eigenvalue weighted by atomic mass is 16.2. The van der Waals surface area contributed by atoms with E-state index in [1.54, 1.807) is 0 Å². The Balaban J connectivity index is 1.24. The van der Waals surface area contributed by atoms with Crippen LogP contribution in [0.2, 0.25) is 0 Å². The zero-order chi connectivity index (χ0) is 24.2. The summed E-state index contributed by atoms with van der Waals surface area (Å²) < 4.78 is 0. The third-order valence-corrected chi connectivity index (χ3v) is 7.39. The fourth-order valence-corrected chi connectivity index (χ4v) is 4.83. The highest BCUT2D eigenvalue weighted by Gasteiger charge is 2.43. The molecule has 0 heterocycles. The predicted octanol–water partition coefficient (Wildman–Crippen LogP) is 7.38. The predicted molar refractivity (Wildman–Crippen MR) is 140 cm³/mol. The van der Waals surface area contributed by atoms with Crippen LogP contribution in [0.25, 0.3) is 11.1 Å². The lowest BCUT2D eigenvalue weighted by Crippen LogP contribution is -2.15. The number of nitrogens with one attached hydrogen (secondary N) is 2. The van der Waals surface area contributed by atoms with E-state index in [0.29, 0.717) is 23.7 Å². The van der Waals surface area contributed by atoms with E-state index < -0.39 is 0 Å². The molecule has 2 aromatic rings. The summed E-state index contributed by atoms with van der Waals surface area (Å²) in [7, 11) is 0. The smallest absolute Gasteiger partial charge is 0.227 e. The molecule has 4 atom stereocenters. The van der Waals surface area contributed by atoms with Crippen molar-refractivity contribution in [1.82, 2.24) is 0 Å². The van der Waals surface area contributed by atoms with Crippen LogP contribution in [0.3, 0.4) is 0 Å². The molecule has 4 heteroatoms. The van der Waals surface area contributed by atoms with Gasteiger partial charge < -0.3 is 10.6 Å². The number of anilines is 2. The Bertz CT molecular complexity index is 896. The van der Waals surface area contributed by atoms with Crippen molar-refractivity contribution in [3.05, 3.63) is 48.5 Å². The van der Waals surface area contributed by atoms with Crippen LogP contribution in [0, 0.1) is 35.5 Å². The van der Waals surface area contributed by atoms with Gasteiger partial charge in [0.2, 0.25) is 11.8 Å². The Kier molecular flexibility index (Phi) is 7.75. The van der Waals surface area contributed by atoms with E-state index in [9.17, 15) is 9.59 Å². The molecule has 4 nitrogen and oxygen atoms in total. The highest BCUT2D eigenvalue weighted by molar-refractivity contribution is 5.95. The monoisotopic (exact) mass is 460 g/mol. The van der Waals surface area contributed by atoms with Crippen molar-refractivity contribution in [2.75, 3.05) is 10.6 Å². The molecule has 4 unspecified atom stereocenters. The van der Waals surface area contributed by atoms with Crippen LogP contribution in [-0.2, 0) is 9.59 Å². The van der Waals surface area contributed by atoms with Crippen molar-refractivity contribution < 1.29 is 9.59 Å². The molecular weight excluding hydrogens is 420 g/mol. The van der Waals surface area contributed by atoms with Gasteiger partial charge in [-0.2, -0.15) is 0 Å². The summed E-state index contributed by atoms with van der Waals surface area (Å²) in [6.07, 6.45) is 6.77. The van der Waals surface area contributed by atoms with Crippen LogP contribution in [-0.4, -0.2) is 11.8 Å². The molecule has 4 rings (SSSR count). The van der Waals surface area contributed by atoms with Crippen molar-refractivity contribution in [1.29, 1.82) is 0 Å². The fourth-order valence-electron chi connectivity index (χ4n) is 4.83. The van der Waals surface area contributed by atoms with Crippen LogP contribution >= 0.6 is 0 Å². The third-order valence-electron chi connectivity index (χ3n) is 7.39. The molecule has 2 aromatic carbocycles.